The summed E-state index contributed by atoms with van der Waals surface area (Å²) in [6, 6.07) is 5.42. The zero-order chi connectivity index (χ0) is 26.3. The van der Waals surface area contributed by atoms with Crippen molar-refractivity contribution in [1.29, 1.82) is 0 Å². The average Bonchev–Trinajstić information content (AvgIpc) is 3.33. The van der Waals surface area contributed by atoms with Gasteiger partial charge < -0.3 is 21.3 Å². The molecule has 4 atom stereocenters. The molecule has 0 bridgehead atoms. The molecule has 37 heavy (non-hydrogen) atoms. The van der Waals surface area contributed by atoms with Gasteiger partial charge in [-0.3, -0.25) is 35.0 Å². The maximum Gasteiger partial charge on any atom is 0.343 e. The number of hydrogen-bond donors (Lipinski definition) is 7. The first-order chi connectivity index (χ1) is 17.5. The van der Waals surface area contributed by atoms with Crippen molar-refractivity contribution < 1.29 is 29.6 Å². The number of aliphatic imine (C=N–C) groups is 1. The van der Waals surface area contributed by atoms with E-state index in [1.807, 2.05) is 13.0 Å². The number of amides is 4. The molecule has 14 nitrogen and oxygen atoms in total. The molecule has 0 aromatic heterocycles. The Kier molecular flexibility index (Phi) is 4.79. The number of nitrogens with one attached hydrogen (secondary N) is 3. The number of carbonyl (C=O) groups is 3. The molecule has 14 heteroatoms. The van der Waals surface area contributed by atoms with Gasteiger partial charge in [0.05, 0.1) is 13.1 Å². The third-order valence-corrected chi connectivity index (χ3v) is 8.23. The minimum Gasteiger partial charge on any atom is -0.370 e. The van der Waals surface area contributed by atoms with Crippen LogP contribution in [0.4, 0.5) is 10.5 Å². The van der Waals surface area contributed by atoms with E-state index < -0.39 is 46.9 Å². The highest BCUT2D eigenvalue weighted by atomic mass is 16.5. The Morgan fingerprint density at radius 2 is 1.95 bits per heavy atom. The molecule has 6 rings (SSSR count). The van der Waals surface area contributed by atoms with E-state index in [9.17, 15) is 24.6 Å². The predicted octanol–water partition coefficient (Wildman–Crippen LogP) is -4.50. The fourth-order valence-corrected chi connectivity index (χ4v) is 5.79. The van der Waals surface area contributed by atoms with Crippen LogP contribution in [0.1, 0.15) is 19.8 Å². The summed E-state index contributed by atoms with van der Waals surface area (Å²) >= 11 is 0. The lowest BCUT2D eigenvalue weighted by molar-refractivity contribution is -0.521. The van der Waals surface area contributed by atoms with Crippen LogP contribution in [0.5, 0.6) is 0 Å². The van der Waals surface area contributed by atoms with Gasteiger partial charge in [0, 0.05) is 11.1 Å². The zero-order valence-corrected chi connectivity index (χ0v) is 20.2. The van der Waals surface area contributed by atoms with Crippen LogP contribution < -0.4 is 32.0 Å². The van der Waals surface area contributed by atoms with Crippen LogP contribution in [0.15, 0.2) is 35.3 Å². The quantitative estimate of drug-likeness (QED) is 0.150. The predicted molar refractivity (Wildman–Crippen MR) is 129 cm³/mol. The van der Waals surface area contributed by atoms with Crippen molar-refractivity contribution in [3.8, 4) is 0 Å². The molecule has 9 N–H and O–H groups in total. The number of rotatable bonds is 5. The lowest BCUT2D eigenvalue weighted by Gasteiger charge is -2.46. The number of guanidine groups is 2. The first-order valence-corrected chi connectivity index (χ1v) is 12.2. The fraction of sp³-hybridized carbons (Fsp3) is 0.522. The van der Waals surface area contributed by atoms with Crippen molar-refractivity contribution in [3.05, 3.63) is 30.3 Å². The standard InChI is InChI=1S/C23H29N9O5/c1-21(7-8-21)17(34)27-14-10-32-19(25)26-13(16-22(32,23(14,36)37)29-18(24)28-16)9-31-15(33)11-30(20(31)35)12-5-3-2-4-6-12/h2-6,13-14,16,36-37H,7-11H2,1H3,(H2,25,26)(H,27,34)(H3,24,28,29)/p+1/t13-,14-,16-,22-/m0/s1. The van der Waals surface area contributed by atoms with Crippen LogP contribution in [-0.2, 0) is 9.59 Å². The molecule has 2 saturated heterocycles. The molecule has 1 saturated carbocycles. The van der Waals surface area contributed by atoms with Crippen LogP contribution in [0, 0.1) is 5.41 Å². The van der Waals surface area contributed by atoms with Gasteiger partial charge in [-0.25, -0.2) is 15.1 Å². The normalized spacial score (nSPS) is 32.9. The van der Waals surface area contributed by atoms with Gasteiger partial charge in [0.25, 0.3) is 11.6 Å². The molecule has 1 spiro atoms. The second kappa shape index (κ2) is 7.55. The Hall–Kier alpha value is -3.91. The van der Waals surface area contributed by atoms with Gasteiger partial charge in [-0.2, -0.15) is 0 Å². The third kappa shape index (κ3) is 3.21. The molecule has 196 valence electrons. The first kappa shape index (κ1) is 23.5. The molecule has 1 aliphatic carbocycles. The highest BCUT2D eigenvalue weighted by molar-refractivity contribution is 6.12. The van der Waals surface area contributed by atoms with Crippen LogP contribution >= 0.6 is 0 Å². The number of aliphatic hydroxyl groups is 2. The minimum absolute atomic E-state index is 0.0360. The monoisotopic (exact) mass is 512 g/mol. The van der Waals surface area contributed by atoms with Crippen molar-refractivity contribution in [2.24, 2.45) is 21.9 Å². The summed E-state index contributed by atoms with van der Waals surface area (Å²) in [5.41, 5.74) is 10.7. The molecule has 4 heterocycles. The van der Waals surface area contributed by atoms with Crippen LogP contribution in [-0.4, -0.2) is 99.0 Å². The number of nitrogens with zero attached hydrogens (tertiary/aromatic N) is 4. The highest BCUT2D eigenvalue weighted by Gasteiger charge is 2.76. The molecule has 4 amide bonds. The van der Waals surface area contributed by atoms with Gasteiger partial charge in [-0.15, -0.1) is 0 Å². The van der Waals surface area contributed by atoms with E-state index in [4.69, 9.17) is 11.5 Å². The van der Waals surface area contributed by atoms with Gasteiger partial charge in [-0.1, -0.05) is 25.1 Å². The third-order valence-electron chi connectivity index (χ3n) is 8.23. The molecule has 1 aromatic rings. The number of carbonyl (C=O) groups excluding carboxylic acids is 3. The number of nitrogens with two attached hydrogens (primary N) is 2. The largest absolute Gasteiger partial charge is 0.370 e. The molecule has 4 aliphatic heterocycles. The first-order valence-electron chi connectivity index (χ1n) is 12.2. The van der Waals surface area contributed by atoms with Gasteiger partial charge in [0.15, 0.2) is 12.0 Å². The van der Waals surface area contributed by atoms with Gasteiger partial charge in [-0.05, 0) is 25.0 Å². The highest BCUT2D eigenvalue weighted by Crippen LogP contribution is 2.46. The molecule has 1 aromatic carbocycles. The lowest BCUT2D eigenvalue weighted by atomic mass is 9.84. The van der Waals surface area contributed by atoms with Crippen molar-refractivity contribution in [2.75, 3.05) is 24.5 Å². The van der Waals surface area contributed by atoms with Crippen LogP contribution in [0.2, 0.25) is 0 Å². The van der Waals surface area contributed by atoms with E-state index in [1.54, 1.807) is 24.3 Å². The van der Waals surface area contributed by atoms with Crippen LogP contribution in [0.3, 0.4) is 0 Å². The summed E-state index contributed by atoms with van der Waals surface area (Å²) in [6.07, 6.45) is 1.44. The van der Waals surface area contributed by atoms with E-state index in [2.05, 4.69) is 20.6 Å². The second-order valence-electron chi connectivity index (χ2n) is 10.6. The second-order valence-corrected chi connectivity index (χ2v) is 10.6. The van der Waals surface area contributed by atoms with Crippen molar-refractivity contribution in [3.63, 3.8) is 0 Å². The van der Waals surface area contributed by atoms with Gasteiger partial charge in [0.2, 0.25) is 11.7 Å². The van der Waals surface area contributed by atoms with E-state index >= 15 is 0 Å². The van der Waals surface area contributed by atoms with Crippen molar-refractivity contribution in [2.45, 2.75) is 49.3 Å². The number of urea groups is 1. The molecular formula is C23H30N9O5+. The maximum absolute atomic E-state index is 13.2. The molecule has 5 aliphatic rings. The number of anilines is 1. The summed E-state index contributed by atoms with van der Waals surface area (Å²) in [5.74, 6) is -3.23. The smallest absolute Gasteiger partial charge is 0.343 e. The molecular weight excluding hydrogens is 482 g/mol. The van der Waals surface area contributed by atoms with Crippen molar-refractivity contribution in [1.82, 2.24) is 20.4 Å². The Bertz CT molecular complexity index is 1250. The van der Waals surface area contributed by atoms with E-state index in [-0.39, 0.29) is 37.5 Å². The summed E-state index contributed by atoms with van der Waals surface area (Å²) < 4.78 is 0. The summed E-state index contributed by atoms with van der Waals surface area (Å²) in [7, 11) is 0. The topological polar surface area (TPSA) is 204 Å². The minimum atomic E-state index is -2.54. The Morgan fingerprint density at radius 3 is 2.62 bits per heavy atom. The summed E-state index contributed by atoms with van der Waals surface area (Å²) in [4.78, 5) is 50.2. The van der Waals surface area contributed by atoms with E-state index in [0.717, 1.165) is 17.7 Å². The number of imide groups is 1. The van der Waals surface area contributed by atoms with Crippen LogP contribution in [0.25, 0.3) is 0 Å². The van der Waals surface area contributed by atoms with Gasteiger partial charge in [0.1, 0.15) is 18.6 Å². The lowest BCUT2D eigenvalue weighted by Crippen LogP contribution is -2.90. The Labute approximate surface area is 212 Å². The Morgan fingerprint density at radius 1 is 1.24 bits per heavy atom. The zero-order valence-electron chi connectivity index (χ0n) is 20.2. The average molecular weight is 513 g/mol. The van der Waals surface area contributed by atoms with Gasteiger partial charge >= 0.3 is 12.0 Å². The van der Waals surface area contributed by atoms with E-state index in [0.29, 0.717) is 5.69 Å². The number of para-hydroxylation sites is 1. The molecule has 3 fully saturated rings. The Balaban J connectivity index is 1.30. The maximum atomic E-state index is 13.2. The SMILES string of the molecule is CC1(C(=O)N[C@H]2CN3C(N)=N[C@@H](CN4C(=O)CN(c5ccccc5)C4=O)[C@@H]4[NH+]=C(N)N[C@@]43C2(O)O)CC1. The fourth-order valence-electron chi connectivity index (χ4n) is 5.79. The summed E-state index contributed by atoms with van der Waals surface area (Å²) in [5, 5.41) is 28.7. The number of benzene rings is 1. The van der Waals surface area contributed by atoms with Crippen molar-refractivity contribution >= 4 is 35.5 Å². The summed E-state index contributed by atoms with van der Waals surface area (Å²) in [6.45, 7) is 1.47. The van der Waals surface area contributed by atoms with E-state index in [1.165, 1.54) is 9.80 Å². The molecule has 0 radical (unpaired) electrons. The molecule has 0 unspecified atom stereocenters. The number of hydrogen-bond acceptors (Lipinski definition) is 10.